The number of fused-ring (bicyclic) bond motifs is 2. The van der Waals surface area contributed by atoms with Crippen molar-refractivity contribution in [3.63, 3.8) is 0 Å². The summed E-state index contributed by atoms with van der Waals surface area (Å²) in [6.45, 7) is 0. The zero-order chi connectivity index (χ0) is 19.7. The van der Waals surface area contributed by atoms with E-state index in [1.807, 2.05) is 30.3 Å². The quantitative estimate of drug-likeness (QED) is 0.631. The van der Waals surface area contributed by atoms with Crippen molar-refractivity contribution in [2.45, 2.75) is 19.3 Å². The number of allylic oxidation sites excluding steroid dienone is 1. The SMILES string of the molecule is COC(=O)c1ccc2oc3c(c(=O)c2c1)CCCC3=Cc1cccc(OC)c1. The molecule has 0 unspecified atom stereocenters. The highest BCUT2D eigenvalue weighted by molar-refractivity contribution is 5.94. The van der Waals surface area contributed by atoms with E-state index in [-0.39, 0.29) is 5.43 Å². The molecule has 5 nitrogen and oxygen atoms in total. The van der Waals surface area contributed by atoms with Crippen LogP contribution in [0.5, 0.6) is 5.75 Å². The number of methoxy groups -OCH3 is 2. The zero-order valence-electron chi connectivity index (χ0n) is 15.8. The minimum Gasteiger partial charge on any atom is -0.497 e. The molecule has 1 heterocycles. The first kappa shape index (κ1) is 18.0. The third-order valence-electron chi connectivity index (χ3n) is 5.00. The van der Waals surface area contributed by atoms with Crippen LogP contribution in [0.4, 0.5) is 0 Å². The number of hydrogen-bond acceptors (Lipinski definition) is 5. The summed E-state index contributed by atoms with van der Waals surface area (Å²) in [5, 5.41) is 0.407. The first-order valence-electron chi connectivity index (χ1n) is 9.14. The van der Waals surface area contributed by atoms with Crippen LogP contribution in [0, 0.1) is 0 Å². The molecule has 0 saturated heterocycles. The Morgan fingerprint density at radius 3 is 2.75 bits per heavy atom. The molecule has 1 aliphatic carbocycles. The van der Waals surface area contributed by atoms with Gasteiger partial charge in [0.2, 0.25) is 0 Å². The van der Waals surface area contributed by atoms with Crippen molar-refractivity contribution in [3.8, 4) is 5.75 Å². The molecule has 0 atom stereocenters. The Balaban J connectivity index is 1.86. The fourth-order valence-electron chi connectivity index (χ4n) is 3.60. The van der Waals surface area contributed by atoms with E-state index >= 15 is 0 Å². The standard InChI is InChI=1S/C23H20O5/c1-26-17-7-3-5-14(12-17)11-15-6-4-8-18-21(24)19-13-16(23(25)27-2)9-10-20(19)28-22(15)18/h3,5,7,9-13H,4,6,8H2,1-2H3. The van der Waals surface area contributed by atoms with Crippen molar-refractivity contribution < 1.29 is 18.7 Å². The van der Waals surface area contributed by atoms with Gasteiger partial charge in [-0.15, -0.1) is 0 Å². The summed E-state index contributed by atoms with van der Waals surface area (Å²) in [7, 11) is 2.95. The second-order valence-electron chi connectivity index (χ2n) is 6.74. The maximum absolute atomic E-state index is 13.1. The number of ether oxygens (including phenoxy) is 2. The van der Waals surface area contributed by atoms with E-state index in [0.717, 1.165) is 29.7 Å². The Bertz CT molecular complexity index is 1150. The minimum atomic E-state index is -0.474. The third kappa shape index (κ3) is 3.20. The highest BCUT2D eigenvalue weighted by atomic mass is 16.5. The van der Waals surface area contributed by atoms with Gasteiger partial charge in [-0.1, -0.05) is 12.1 Å². The smallest absolute Gasteiger partial charge is 0.337 e. The molecule has 3 aromatic rings. The molecule has 1 aromatic heterocycles. The summed E-state index contributed by atoms with van der Waals surface area (Å²) in [5.41, 5.74) is 3.37. The second kappa shape index (κ2) is 7.35. The Morgan fingerprint density at radius 2 is 1.96 bits per heavy atom. The largest absolute Gasteiger partial charge is 0.497 e. The van der Waals surface area contributed by atoms with Gasteiger partial charge in [-0.2, -0.15) is 0 Å². The van der Waals surface area contributed by atoms with Crippen LogP contribution >= 0.6 is 0 Å². The molecular formula is C23H20O5. The van der Waals surface area contributed by atoms with Gasteiger partial charge < -0.3 is 13.9 Å². The number of carbonyl (C=O) groups is 1. The molecule has 0 spiro atoms. The molecule has 0 saturated carbocycles. The molecule has 0 bridgehead atoms. The topological polar surface area (TPSA) is 65.7 Å². The molecule has 4 rings (SSSR count). The van der Waals surface area contributed by atoms with Crippen molar-refractivity contribution in [3.05, 3.63) is 75.1 Å². The number of benzene rings is 2. The minimum absolute atomic E-state index is 0.0850. The molecular weight excluding hydrogens is 356 g/mol. The number of carbonyl (C=O) groups excluding carboxylic acids is 1. The Hall–Kier alpha value is -3.34. The van der Waals surface area contributed by atoms with Gasteiger partial charge in [-0.3, -0.25) is 4.79 Å². The average molecular weight is 376 g/mol. The van der Waals surface area contributed by atoms with Crippen LogP contribution < -0.4 is 10.2 Å². The van der Waals surface area contributed by atoms with Crippen molar-refractivity contribution >= 4 is 28.6 Å². The van der Waals surface area contributed by atoms with Gasteiger partial charge in [0.05, 0.1) is 25.2 Å². The van der Waals surface area contributed by atoms with Crippen molar-refractivity contribution in [2.24, 2.45) is 0 Å². The van der Waals surface area contributed by atoms with Crippen LogP contribution in [0.15, 0.2) is 51.7 Å². The van der Waals surface area contributed by atoms with Gasteiger partial charge >= 0.3 is 5.97 Å². The van der Waals surface area contributed by atoms with Crippen molar-refractivity contribution in [2.75, 3.05) is 14.2 Å². The maximum atomic E-state index is 13.1. The lowest BCUT2D eigenvalue weighted by Gasteiger charge is -2.18. The predicted octanol–water partition coefficient (Wildman–Crippen LogP) is 4.47. The Kier molecular flexibility index (Phi) is 4.74. The Labute approximate surface area is 162 Å². The van der Waals surface area contributed by atoms with Crippen LogP contribution in [0.1, 0.15) is 40.1 Å². The maximum Gasteiger partial charge on any atom is 0.337 e. The van der Waals surface area contributed by atoms with Crippen LogP contribution in [-0.4, -0.2) is 20.2 Å². The van der Waals surface area contributed by atoms with E-state index in [0.29, 0.717) is 34.3 Å². The van der Waals surface area contributed by atoms with Gasteiger partial charge in [0.1, 0.15) is 17.1 Å². The molecule has 142 valence electrons. The summed E-state index contributed by atoms with van der Waals surface area (Å²) >= 11 is 0. The molecule has 28 heavy (non-hydrogen) atoms. The lowest BCUT2D eigenvalue weighted by Crippen LogP contribution is -2.16. The van der Waals surface area contributed by atoms with E-state index in [9.17, 15) is 9.59 Å². The van der Waals surface area contributed by atoms with Gasteiger partial charge in [-0.05, 0) is 66.8 Å². The average Bonchev–Trinajstić information content (AvgIpc) is 2.74. The number of esters is 1. The number of rotatable bonds is 3. The van der Waals surface area contributed by atoms with E-state index in [1.54, 1.807) is 25.3 Å². The lowest BCUT2D eigenvalue weighted by atomic mass is 9.90. The first-order chi connectivity index (χ1) is 13.6. The van der Waals surface area contributed by atoms with Crippen LogP contribution in [0.3, 0.4) is 0 Å². The van der Waals surface area contributed by atoms with Crippen molar-refractivity contribution in [1.29, 1.82) is 0 Å². The predicted molar refractivity (Wildman–Crippen MR) is 108 cm³/mol. The summed E-state index contributed by atoms with van der Waals surface area (Å²) in [6.07, 6.45) is 4.40. The van der Waals surface area contributed by atoms with Gasteiger partial charge in [-0.25, -0.2) is 4.79 Å². The summed E-state index contributed by atoms with van der Waals surface area (Å²) in [4.78, 5) is 24.9. The fraction of sp³-hybridized carbons (Fsp3) is 0.217. The summed E-state index contributed by atoms with van der Waals surface area (Å²) in [6, 6.07) is 12.6. The second-order valence-corrected chi connectivity index (χ2v) is 6.74. The highest BCUT2D eigenvalue weighted by Gasteiger charge is 2.22. The number of hydrogen-bond donors (Lipinski definition) is 0. The zero-order valence-corrected chi connectivity index (χ0v) is 15.8. The fourth-order valence-corrected chi connectivity index (χ4v) is 3.60. The molecule has 0 aliphatic heterocycles. The summed E-state index contributed by atoms with van der Waals surface area (Å²) in [5.74, 6) is 0.940. The molecule has 5 heteroatoms. The monoisotopic (exact) mass is 376 g/mol. The van der Waals surface area contributed by atoms with E-state index in [4.69, 9.17) is 13.9 Å². The molecule has 0 fully saturated rings. The summed E-state index contributed by atoms with van der Waals surface area (Å²) < 4.78 is 16.2. The lowest BCUT2D eigenvalue weighted by molar-refractivity contribution is 0.0601. The first-order valence-corrected chi connectivity index (χ1v) is 9.14. The van der Waals surface area contributed by atoms with Gasteiger partial charge in [0.15, 0.2) is 5.43 Å². The van der Waals surface area contributed by atoms with Crippen molar-refractivity contribution in [1.82, 2.24) is 0 Å². The molecule has 0 N–H and O–H groups in total. The normalized spacial score (nSPS) is 14.7. The molecule has 0 radical (unpaired) electrons. The highest BCUT2D eigenvalue weighted by Crippen LogP contribution is 2.33. The van der Waals surface area contributed by atoms with E-state index < -0.39 is 5.97 Å². The molecule has 0 amide bonds. The van der Waals surface area contributed by atoms with Gasteiger partial charge in [0, 0.05) is 5.56 Å². The third-order valence-corrected chi connectivity index (χ3v) is 5.00. The Morgan fingerprint density at radius 1 is 1.11 bits per heavy atom. The van der Waals surface area contributed by atoms with E-state index in [2.05, 4.69) is 0 Å². The molecule has 2 aromatic carbocycles. The van der Waals surface area contributed by atoms with Crippen LogP contribution in [0.25, 0.3) is 22.6 Å². The van der Waals surface area contributed by atoms with Crippen LogP contribution in [0.2, 0.25) is 0 Å². The van der Waals surface area contributed by atoms with E-state index in [1.165, 1.54) is 7.11 Å². The van der Waals surface area contributed by atoms with Crippen LogP contribution in [-0.2, 0) is 11.2 Å². The molecule has 1 aliphatic rings. The van der Waals surface area contributed by atoms with Gasteiger partial charge in [0.25, 0.3) is 0 Å².